The van der Waals surface area contributed by atoms with Gasteiger partial charge in [0.05, 0.1) is 5.92 Å². The molecule has 2 heterocycles. The number of hydrogen-bond donors (Lipinski definition) is 0. The van der Waals surface area contributed by atoms with Crippen LogP contribution in [0.15, 0.2) is 36.4 Å². The van der Waals surface area contributed by atoms with Gasteiger partial charge in [-0.15, -0.1) is 0 Å². The molecule has 0 aromatic heterocycles. The number of rotatable bonds is 3. The Morgan fingerprint density at radius 1 is 1.23 bits per heavy atom. The number of benzene rings is 1. The molecule has 2 saturated heterocycles. The lowest BCUT2D eigenvalue weighted by atomic mass is 9.55. The number of esters is 1. The van der Waals surface area contributed by atoms with Crippen LogP contribution in [0.5, 0.6) is 0 Å². The number of carbonyl (C=O) groups is 1. The Bertz CT molecular complexity index is 828. The maximum Gasteiger partial charge on any atom is 0.310 e. The normalized spacial score (nSPS) is 36.9. The molecule has 5 rings (SSSR count). The molecular formula is C26H36N2O2. The highest BCUT2D eigenvalue weighted by Gasteiger charge is 2.55. The third-order valence-electron chi connectivity index (χ3n) is 8.51. The molecule has 2 aliphatic carbocycles. The molecule has 0 bridgehead atoms. The average Bonchev–Trinajstić information content (AvgIpc) is 3.01. The third-order valence-corrected chi connectivity index (χ3v) is 8.51. The monoisotopic (exact) mass is 408 g/mol. The SMILES string of the molecule is C=C1CCC[C@]2(C)C[C@H]3OC(=O)[C@H](CN4CCN(c5cccc(C)c5)CC4)[C@H]3C[C@@H]12. The zero-order valence-electron chi connectivity index (χ0n) is 18.6. The number of carbonyl (C=O) groups excluding carboxylic acids is 1. The summed E-state index contributed by atoms with van der Waals surface area (Å²) in [6.45, 7) is 13.9. The Morgan fingerprint density at radius 3 is 2.80 bits per heavy atom. The van der Waals surface area contributed by atoms with Gasteiger partial charge in [-0.2, -0.15) is 0 Å². The smallest absolute Gasteiger partial charge is 0.310 e. The first-order valence-corrected chi connectivity index (χ1v) is 11.8. The molecule has 0 unspecified atom stereocenters. The fraction of sp³-hybridized carbons (Fsp3) is 0.654. The van der Waals surface area contributed by atoms with E-state index >= 15 is 0 Å². The van der Waals surface area contributed by atoms with Crippen LogP contribution in [-0.4, -0.2) is 49.7 Å². The molecule has 4 heteroatoms. The summed E-state index contributed by atoms with van der Waals surface area (Å²) in [4.78, 5) is 17.8. The van der Waals surface area contributed by atoms with Gasteiger partial charge >= 0.3 is 5.97 Å². The van der Waals surface area contributed by atoms with Crippen molar-refractivity contribution in [1.29, 1.82) is 0 Å². The highest BCUT2D eigenvalue weighted by atomic mass is 16.6. The molecule has 4 nitrogen and oxygen atoms in total. The first kappa shape index (κ1) is 20.1. The molecule has 0 N–H and O–H groups in total. The summed E-state index contributed by atoms with van der Waals surface area (Å²) in [6.07, 6.45) is 5.92. The Hall–Kier alpha value is -1.81. The van der Waals surface area contributed by atoms with Crippen LogP contribution < -0.4 is 4.90 Å². The van der Waals surface area contributed by atoms with Crippen LogP contribution in [0.25, 0.3) is 0 Å². The van der Waals surface area contributed by atoms with E-state index in [4.69, 9.17) is 4.74 Å². The summed E-state index contributed by atoms with van der Waals surface area (Å²) in [5.74, 6) is 1.04. The summed E-state index contributed by atoms with van der Waals surface area (Å²) in [6, 6.07) is 8.77. The van der Waals surface area contributed by atoms with E-state index in [-0.39, 0.29) is 23.4 Å². The fourth-order valence-corrected chi connectivity index (χ4v) is 6.76. The quantitative estimate of drug-likeness (QED) is 0.547. The van der Waals surface area contributed by atoms with E-state index in [2.05, 4.69) is 54.5 Å². The fourth-order valence-electron chi connectivity index (χ4n) is 6.76. The van der Waals surface area contributed by atoms with Gasteiger partial charge < -0.3 is 9.64 Å². The molecule has 2 aliphatic heterocycles. The predicted octanol–water partition coefficient (Wildman–Crippen LogP) is 4.43. The summed E-state index contributed by atoms with van der Waals surface area (Å²) < 4.78 is 5.97. The minimum atomic E-state index is 0.0415. The molecule has 4 fully saturated rings. The van der Waals surface area contributed by atoms with Crippen molar-refractivity contribution in [1.82, 2.24) is 4.90 Å². The van der Waals surface area contributed by atoms with Gasteiger partial charge in [0, 0.05) is 44.3 Å². The number of ether oxygens (including phenoxy) is 1. The average molecular weight is 409 g/mol. The molecule has 1 aromatic rings. The van der Waals surface area contributed by atoms with Crippen LogP contribution in [0.2, 0.25) is 0 Å². The van der Waals surface area contributed by atoms with Crippen molar-refractivity contribution in [3.05, 3.63) is 42.0 Å². The summed E-state index contributed by atoms with van der Waals surface area (Å²) in [7, 11) is 0. The Labute approximate surface area is 181 Å². The number of hydrogen-bond acceptors (Lipinski definition) is 4. The summed E-state index contributed by atoms with van der Waals surface area (Å²) in [5, 5.41) is 0. The largest absolute Gasteiger partial charge is 0.462 e. The van der Waals surface area contributed by atoms with E-state index in [0.717, 1.165) is 52.0 Å². The van der Waals surface area contributed by atoms with Crippen molar-refractivity contribution in [3.63, 3.8) is 0 Å². The molecule has 1 aromatic carbocycles. The molecule has 30 heavy (non-hydrogen) atoms. The van der Waals surface area contributed by atoms with Gasteiger partial charge in [-0.1, -0.05) is 31.2 Å². The van der Waals surface area contributed by atoms with E-state index in [1.165, 1.54) is 29.7 Å². The third kappa shape index (κ3) is 3.57. The molecular weight excluding hydrogens is 372 g/mol. The standard InChI is InChI=1S/C26H36N2O2/c1-18-6-4-8-20(14-18)28-12-10-27(11-13-28)17-22-21-15-23-19(2)7-5-9-26(23,3)16-24(21)30-25(22)29/h4,6,8,14,21-24H,2,5,7,9-13,15-17H2,1,3H3/t21-,22-,23+,24-,26-/m1/s1. The van der Waals surface area contributed by atoms with Crippen molar-refractivity contribution in [3.8, 4) is 0 Å². The lowest BCUT2D eigenvalue weighted by molar-refractivity contribution is -0.146. The first-order valence-electron chi connectivity index (χ1n) is 11.8. The van der Waals surface area contributed by atoms with Crippen molar-refractivity contribution in [2.45, 2.75) is 52.1 Å². The minimum absolute atomic E-state index is 0.0415. The second-order valence-corrected chi connectivity index (χ2v) is 10.5. The van der Waals surface area contributed by atoms with E-state index in [0.29, 0.717) is 11.8 Å². The second kappa shape index (κ2) is 7.71. The van der Waals surface area contributed by atoms with E-state index < -0.39 is 0 Å². The molecule has 0 radical (unpaired) electrons. The predicted molar refractivity (Wildman–Crippen MR) is 121 cm³/mol. The lowest BCUT2D eigenvalue weighted by Crippen LogP contribution is -2.50. The number of anilines is 1. The lowest BCUT2D eigenvalue weighted by Gasteiger charge is -2.50. The minimum Gasteiger partial charge on any atom is -0.462 e. The van der Waals surface area contributed by atoms with Gasteiger partial charge in [-0.25, -0.2) is 0 Å². The second-order valence-electron chi connectivity index (χ2n) is 10.5. The van der Waals surface area contributed by atoms with Crippen LogP contribution in [0.3, 0.4) is 0 Å². The van der Waals surface area contributed by atoms with Crippen LogP contribution in [-0.2, 0) is 9.53 Å². The van der Waals surface area contributed by atoms with Crippen molar-refractivity contribution >= 4 is 11.7 Å². The van der Waals surface area contributed by atoms with Gasteiger partial charge in [0.15, 0.2) is 0 Å². The van der Waals surface area contributed by atoms with E-state index in [1.807, 2.05) is 0 Å². The number of nitrogens with zero attached hydrogens (tertiary/aromatic N) is 2. The molecule has 4 aliphatic rings. The maximum absolute atomic E-state index is 12.8. The molecule has 5 atom stereocenters. The van der Waals surface area contributed by atoms with Gasteiger partial charge in [-0.05, 0) is 68.1 Å². The summed E-state index contributed by atoms with van der Waals surface area (Å²) in [5.41, 5.74) is 4.33. The number of allylic oxidation sites excluding steroid dienone is 1. The van der Waals surface area contributed by atoms with E-state index in [1.54, 1.807) is 0 Å². The highest BCUT2D eigenvalue weighted by Crippen LogP contribution is 2.56. The van der Waals surface area contributed by atoms with Gasteiger partial charge in [0.25, 0.3) is 0 Å². The Balaban J connectivity index is 1.23. The molecule has 162 valence electrons. The number of aryl methyl sites for hydroxylation is 1. The van der Waals surface area contributed by atoms with Gasteiger partial charge in [-0.3, -0.25) is 9.69 Å². The van der Waals surface area contributed by atoms with Crippen LogP contribution in [0.1, 0.15) is 44.6 Å². The zero-order chi connectivity index (χ0) is 20.9. The summed E-state index contributed by atoms with van der Waals surface area (Å²) >= 11 is 0. The molecule has 0 spiro atoms. The zero-order valence-corrected chi connectivity index (χ0v) is 18.6. The Morgan fingerprint density at radius 2 is 2.03 bits per heavy atom. The van der Waals surface area contributed by atoms with Crippen LogP contribution >= 0.6 is 0 Å². The number of piperazine rings is 1. The van der Waals surface area contributed by atoms with Crippen LogP contribution in [0, 0.1) is 30.1 Å². The highest BCUT2D eigenvalue weighted by molar-refractivity contribution is 5.75. The first-order chi connectivity index (χ1) is 14.4. The molecule has 2 saturated carbocycles. The maximum atomic E-state index is 12.8. The van der Waals surface area contributed by atoms with Gasteiger partial charge in [0.1, 0.15) is 6.10 Å². The van der Waals surface area contributed by atoms with Crippen molar-refractivity contribution in [2.24, 2.45) is 23.2 Å². The van der Waals surface area contributed by atoms with Gasteiger partial charge in [0.2, 0.25) is 0 Å². The van der Waals surface area contributed by atoms with E-state index in [9.17, 15) is 4.79 Å². The number of fused-ring (bicyclic) bond motifs is 2. The topological polar surface area (TPSA) is 32.8 Å². The molecule has 0 amide bonds. The Kier molecular flexibility index (Phi) is 5.17. The van der Waals surface area contributed by atoms with Crippen molar-refractivity contribution < 1.29 is 9.53 Å². The van der Waals surface area contributed by atoms with Crippen LogP contribution in [0.4, 0.5) is 5.69 Å². The van der Waals surface area contributed by atoms with Crippen molar-refractivity contribution in [2.75, 3.05) is 37.6 Å².